The summed E-state index contributed by atoms with van der Waals surface area (Å²) in [4.78, 5) is 32.2. The second-order valence-electron chi connectivity index (χ2n) is 4.68. The first-order chi connectivity index (χ1) is 11.4. The molecule has 3 N–H and O–H groups in total. The summed E-state index contributed by atoms with van der Waals surface area (Å²) >= 11 is 0. The number of carbonyl (C=O) groups is 1. The Morgan fingerprint density at radius 2 is 1.58 bits per heavy atom. The summed E-state index contributed by atoms with van der Waals surface area (Å²) in [5.41, 5.74) is 0.0504. The number of hydrogen-bond donors (Lipinski definition) is 3. The molecule has 0 saturated carbocycles. The van der Waals surface area contributed by atoms with Gasteiger partial charge in [0.2, 0.25) is 0 Å². The van der Waals surface area contributed by atoms with Crippen molar-refractivity contribution in [1.82, 2.24) is 5.48 Å². The Balaban J connectivity index is 2.49. The first-order valence-corrected chi connectivity index (χ1v) is 6.63. The average molecular weight is 332 g/mol. The van der Waals surface area contributed by atoms with Crippen molar-refractivity contribution in [3.63, 3.8) is 0 Å². The molecule has 0 radical (unpaired) electrons. The van der Waals surface area contributed by atoms with Crippen LogP contribution in [-0.2, 0) is 6.54 Å². The van der Waals surface area contributed by atoms with E-state index in [4.69, 9.17) is 5.21 Å². The van der Waals surface area contributed by atoms with Crippen LogP contribution < -0.4 is 10.8 Å². The SMILES string of the molecule is O=C(NO)c1cc([N+](=O)[O-])c(NCc2ccccc2)c([N+](=O)[O-])c1. The van der Waals surface area contributed by atoms with Crippen molar-refractivity contribution in [3.8, 4) is 0 Å². The second kappa shape index (κ2) is 7.15. The van der Waals surface area contributed by atoms with Gasteiger partial charge in [0.1, 0.15) is 0 Å². The fraction of sp³-hybridized carbons (Fsp3) is 0.0714. The number of hydrogen-bond acceptors (Lipinski definition) is 7. The highest BCUT2D eigenvalue weighted by Gasteiger charge is 2.28. The molecule has 2 aromatic carbocycles. The molecule has 0 aliphatic carbocycles. The number of amides is 1. The van der Waals surface area contributed by atoms with Gasteiger partial charge in [0.25, 0.3) is 17.3 Å². The maximum Gasteiger partial charge on any atom is 0.300 e. The normalized spacial score (nSPS) is 10.0. The van der Waals surface area contributed by atoms with E-state index in [1.165, 1.54) is 5.48 Å². The van der Waals surface area contributed by atoms with Crippen molar-refractivity contribution in [2.45, 2.75) is 6.54 Å². The summed E-state index contributed by atoms with van der Waals surface area (Å²) in [6.07, 6.45) is 0. The molecule has 124 valence electrons. The monoisotopic (exact) mass is 332 g/mol. The van der Waals surface area contributed by atoms with Crippen LogP contribution in [0.15, 0.2) is 42.5 Å². The summed E-state index contributed by atoms with van der Waals surface area (Å²) in [5, 5.41) is 33.7. The molecule has 24 heavy (non-hydrogen) atoms. The van der Waals surface area contributed by atoms with Crippen LogP contribution in [0.4, 0.5) is 17.1 Å². The van der Waals surface area contributed by atoms with E-state index in [1.807, 2.05) is 0 Å². The van der Waals surface area contributed by atoms with E-state index in [0.717, 1.165) is 17.7 Å². The highest BCUT2D eigenvalue weighted by atomic mass is 16.6. The Morgan fingerprint density at radius 1 is 1.04 bits per heavy atom. The molecule has 2 aromatic rings. The number of nitro benzene ring substituents is 2. The topological polar surface area (TPSA) is 148 Å². The number of anilines is 1. The first kappa shape index (κ1) is 16.8. The van der Waals surface area contributed by atoms with Gasteiger partial charge in [-0.1, -0.05) is 30.3 Å². The minimum absolute atomic E-state index is 0.119. The lowest BCUT2D eigenvalue weighted by atomic mass is 10.1. The minimum Gasteiger partial charge on any atom is -0.370 e. The number of hydroxylamine groups is 1. The Labute approximate surface area is 135 Å². The van der Waals surface area contributed by atoms with E-state index in [9.17, 15) is 25.0 Å². The van der Waals surface area contributed by atoms with Crippen LogP contribution in [0.25, 0.3) is 0 Å². The van der Waals surface area contributed by atoms with Gasteiger partial charge >= 0.3 is 0 Å². The van der Waals surface area contributed by atoms with Crippen LogP contribution in [0.2, 0.25) is 0 Å². The molecule has 0 bridgehead atoms. The summed E-state index contributed by atoms with van der Waals surface area (Å²) in [5.74, 6) is -1.09. The number of rotatable bonds is 6. The van der Waals surface area contributed by atoms with Gasteiger partial charge in [-0.05, 0) is 5.56 Å². The Morgan fingerprint density at radius 3 is 2.04 bits per heavy atom. The molecular weight excluding hydrogens is 320 g/mol. The molecule has 0 saturated heterocycles. The average Bonchev–Trinajstić information content (AvgIpc) is 2.59. The molecule has 10 nitrogen and oxygen atoms in total. The van der Waals surface area contributed by atoms with Crippen LogP contribution in [0.5, 0.6) is 0 Å². The molecule has 0 aromatic heterocycles. The molecular formula is C14H12N4O6. The number of nitrogens with zero attached hydrogens (tertiary/aromatic N) is 2. The van der Waals surface area contributed by atoms with Gasteiger partial charge in [-0.3, -0.25) is 30.2 Å². The van der Waals surface area contributed by atoms with Crippen LogP contribution in [-0.4, -0.2) is 21.0 Å². The number of nitro groups is 2. The fourth-order valence-corrected chi connectivity index (χ4v) is 2.06. The largest absolute Gasteiger partial charge is 0.370 e. The molecule has 1 amide bonds. The standard InChI is InChI=1S/C14H12N4O6/c19-14(16-20)10-6-11(17(21)22)13(12(7-10)18(23)24)15-8-9-4-2-1-3-5-9/h1-7,15,20H,8H2,(H,16,19). The fourth-order valence-electron chi connectivity index (χ4n) is 2.06. The molecule has 0 unspecified atom stereocenters. The van der Waals surface area contributed by atoms with Crippen molar-refractivity contribution in [2.75, 3.05) is 5.32 Å². The molecule has 0 fully saturated rings. The summed E-state index contributed by atoms with van der Waals surface area (Å²) < 4.78 is 0. The van der Waals surface area contributed by atoms with Gasteiger partial charge in [0, 0.05) is 18.7 Å². The van der Waals surface area contributed by atoms with Crippen molar-refractivity contribution < 1.29 is 19.8 Å². The quantitative estimate of drug-likeness (QED) is 0.417. The van der Waals surface area contributed by atoms with Crippen molar-refractivity contribution in [3.05, 3.63) is 73.8 Å². The van der Waals surface area contributed by atoms with Crippen molar-refractivity contribution in [2.24, 2.45) is 0 Å². The maximum atomic E-state index is 11.4. The lowest BCUT2D eigenvalue weighted by Crippen LogP contribution is -2.19. The van der Waals surface area contributed by atoms with E-state index in [-0.39, 0.29) is 12.2 Å². The molecule has 0 aliphatic heterocycles. The van der Waals surface area contributed by atoms with E-state index >= 15 is 0 Å². The number of nitrogens with one attached hydrogen (secondary N) is 2. The lowest BCUT2D eigenvalue weighted by Gasteiger charge is -2.09. The van der Waals surface area contributed by atoms with E-state index in [2.05, 4.69) is 5.32 Å². The summed E-state index contributed by atoms with van der Waals surface area (Å²) in [7, 11) is 0. The molecule has 0 atom stereocenters. The van der Waals surface area contributed by atoms with Crippen molar-refractivity contribution >= 4 is 23.0 Å². The van der Waals surface area contributed by atoms with Crippen LogP contribution in [0.3, 0.4) is 0 Å². The van der Waals surface area contributed by atoms with Gasteiger partial charge in [-0.2, -0.15) is 0 Å². The second-order valence-corrected chi connectivity index (χ2v) is 4.68. The van der Waals surface area contributed by atoms with Crippen LogP contribution in [0, 0.1) is 20.2 Å². The van der Waals surface area contributed by atoms with Gasteiger partial charge < -0.3 is 5.32 Å². The first-order valence-electron chi connectivity index (χ1n) is 6.63. The molecule has 2 rings (SSSR count). The number of benzene rings is 2. The zero-order chi connectivity index (χ0) is 17.7. The van der Waals surface area contributed by atoms with Gasteiger partial charge in [-0.15, -0.1) is 0 Å². The van der Waals surface area contributed by atoms with E-state index in [1.54, 1.807) is 30.3 Å². The predicted octanol–water partition coefficient (Wildman–Crippen LogP) is 2.23. The number of carbonyl (C=O) groups excluding carboxylic acids is 1. The Hall–Kier alpha value is -3.53. The van der Waals surface area contributed by atoms with Gasteiger partial charge in [0.15, 0.2) is 5.69 Å². The molecule has 0 spiro atoms. The summed E-state index contributed by atoms with van der Waals surface area (Å²) in [6.45, 7) is 0.119. The zero-order valence-electron chi connectivity index (χ0n) is 12.1. The van der Waals surface area contributed by atoms with E-state index < -0.39 is 32.7 Å². The predicted molar refractivity (Wildman–Crippen MR) is 82.8 cm³/mol. The molecule has 0 aliphatic rings. The van der Waals surface area contributed by atoms with Crippen LogP contribution >= 0.6 is 0 Å². The zero-order valence-corrected chi connectivity index (χ0v) is 12.1. The van der Waals surface area contributed by atoms with Crippen molar-refractivity contribution in [1.29, 1.82) is 0 Å². The lowest BCUT2D eigenvalue weighted by molar-refractivity contribution is -0.392. The highest BCUT2D eigenvalue weighted by molar-refractivity contribution is 5.96. The minimum atomic E-state index is -1.09. The Bertz CT molecular complexity index is 758. The molecule has 0 heterocycles. The molecule has 10 heteroatoms. The van der Waals surface area contributed by atoms with Gasteiger partial charge in [-0.25, -0.2) is 5.48 Å². The third-order valence-electron chi connectivity index (χ3n) is 3.17. The third-order valence-corrected chi connectivity index (χ3v) is 3.17. The Kier molecular flexibility index (Phi) is 5.02. The third kappa shape index (κ3) is 3.62. The summed E-state index contributed by atoms with van der Waals surface area (Å²) in [6, 6.07) is 10.5. The maximum absolute atomic E-state index is 11.4. The van der Waals surface area contributed by atoms with Crippen LogP contribution in [0.1, 0.15) is 15.9 Å². The van der Waals surface area contributed by atoms with Gasteiger partial charge in [0.05, 0.1) is 15.4 Å². The highest BCUT2D eigenvalue weighted by Crippen LogP contribution is 2.36. The smallest absolute Gasteiger partial charge is 0.300 e. The van der Waals surface area contributed by atoms with E-state index in [0.29, 0.717) is 0 Å².